The lowest BCUT2D eigenvalue weighted by molar-refractivity contribution is -0.120. The number of anilines is 1. The number of aromatic nitrogens is 15. The smallest absolute Gasteiger partial charge is 0.352 e. The maximum absolute atomic E-state index is 13.3. The Kier molecular flexibility index (Phi) is 20.2. The largest absolute Gasteiger partial charge is 0.385 e. The number of carbonyl (C=O) groups is 2. The molecule has 480 valence electrons. The van der Waals surface area contributed by atoms with E-state index in [4.69, 9.17) is 18.3 Å². The van der Waals surface area contributed by atoms with Gasteiger partial charge in [0.25, 0.3) is 5.91 Å². The van der Waals surface area contributed by atoms with Crippen LogP contribution >= 0.6 is 0 Å². The molecule has 1 fully saturated rings. The van der Waals surface area contributed by atoms with Crippen molar-refractivity contribution in [3.63, 3.8) is 0 Å². The van der Waals surface area contributed by atoms with Crippen molar-refractivity contribution in [2.24, 2.45) is 0 Å². The van der Waals surface area contributed by atoms with Gasteiger partial charge in [0.1, 0.15) is 23.3 Å². The molecule has 1 aliphatic rings. The number of imide groups is 1. The van der Waals surface area contributed by atoms with Gasteiger partial charge in [-0.1, -0.05) is 127 Å². The van der Waals surface area contributed by atoms with E-state index in [1.807, 2.05) is 139 Å². The van der Waals surface area contributed by atoms with E-state index in [1.54, 1.807) is 44.6 Å². The van der Waals surface area contributed by atoms with Gasteiger partial charge in [-0.3, -0.25) is 18.8 Å². The molecule has 0 spiro atoms. The summed E-state index contributed by atoms with van der Waals surface area (Å²) in [5, 5.41) is 24.9. The third-order valence-corrected chi connectivity index (χ3v) is 16.0. The Bertz CT molecular complexity index is 4490. The highest BCUT2D eigenvalue weighted by Crippen LogP contribution is 2.29. The molecule has 1 unspecified atom stereocenters. The first kappa shape index (κ1) is 64.3. The minimum Gasteiger partial charge on any atom is -0.385 e. The van der Waals surface area contributed by atoms with Gasteiger partial charge < -0.3 is 23.2 Å². The van der Waals surface area contributed by atoms with E-state index in [2.05, 4.69) is 37.7 Å². The van der Waals surface area contributed by atoms with E-state index in [9.17, 15) is 28.8 Å². The van der Waals surface area contributed by atoms with Crippen LogP contribution in [0.2, 0.25) is 0 Å². The highest BCUT2D eigenvalue weighted by atomic mass is 16.5. The van der Waals surface area contributed by atoms with E-state index in [0.29, 0.717) is 82.4 Å². The van der Waals surface area contributed by atoms with Crippen molar-refractivity contribution in [1.82, 2.24) is 77.6 Å². The first-order valence-electron chi connectivity index (χ1n) is 30.4. The molecule has 1 atom stereocenters. The highest BCUT2D eigenvalue weighted by molar-refractivity contribution is 6.21. The molecular formula is C65H75N17O10. The number of unbranched alkanes of at least 4 members (excludes halogenated alkanes) is 1. The van der Waals surface area contributed by atoms with Crippen LogP contribution in [-0.2, 0) is 61.9 Å². The Morgan fingerprint density at radius 1 is 0.457 bits per heavy atom. The van der Waals surface area contributed by atoms with Crippen LogP contribution in [0.1, 0.15) is 107 Å². The van der Waals surface area contributed by atoms with Crippen LogP contribution in [0.15, 0.2) is 161 Å². The van der Waals surface area contributed by atoms with Gasteiger partial charge in [-0.2, -0.15) is 15.3 Å². The number of hydrogen-bond acceptors (Lipinski definition) is 16. The van der Waals surface area contributed by atoms with Crippen molar-refractivity contribution in [3.8, 4) is 11.4 Å². The first-order valence-corrected chi connectivity index (χ1v) is 30.4. The van der Waals surface area contributed by atoms with Gasteiger partial charge in [0.2, 0.25) is 0 Å². The van der Waals surface area contributed by atoms with Crippen LogP contribution in [-0.4, -0.2) is 109 Å². The number of benzene rings is 3. The summed E-state index contributed by atoms with van der Waals surface area (Å²) in [5.74, 6) is 1.90. The van der Waals surface area contributed by atoms with Crippen molar-refractivity contribution < 1.29 is 27.9 Å². The molecule has 27 heteroatoms. The van der Waals surface area contributed by atoms with Gasteiger partial charge in [-0.15, -0.1) is 0 Å². The second kappa shape index (κ2) is 28.8. The molecule has 9 heterocycles. The van der Waals surface area contributed by atoms with E-state index in [1.165, 1.54) is 51.4 Å². The van der Waals surface area contributed by atoms with Gasteiger partial charge in [0, 0.05) is 75.1 Å². The monoisotopic (exact) mass is 1250 g/mol. The van der Waals surface area contributed by atoms with Crippen LogP contribution in [0, 0.1) is 41.5 Å². The Hall–Kier alpha value is -10.7. The number of rotatable bonds is 23. The molecule has 27 nitrogen and oxygen atoms in total. The molecule has 0 radical (unpaired) electrons. The maximum Gasteiger partial charge on any atom is 0.352 e. The average molecular weight is 1250 g/mol. The highest BCUT2D eigenvalue weighted by Gasteiger charge is 2.46. The van der Waals surface area contributed by atoms with Crippen molar-refractivity contribution >= 4 is 17.6 Å². The molecular weight excluding hydrogens is 1180 g/mol. The number of amides is 3. The third kappa shape index (κ3) is 14.0. The molecule has 92 heavy (non-hydrogen) atoms. The zero-order valence-corrected chi connectivity index (χ0v) is 53.1. The van der Waals surface area contributed by atoms with Gasteiger partial charge in [-0.05, 0) is 71.1 Å². The second-order valence-electron chi connectivity index (χ2n) is 22.5. The Morgan fingerprint density at radius 3 is 1.22 bits per heavy atom. The molecule has 0 aliphatic carbocycles. The topological polar surface area (TPSA) is 279 Å². The minimum absolute atomic E-state index is 0.269. The van der Waals surface area contributed by atoms with E-state index >= 15 is 0 Å². The summed E-state index contributed by atoms with van der Waals surface area (Å²) in [6.45, 7) is 18.9. The second-order valence-corrected chi connectivity index (χ2v) is 22.5. The molecule has 0 N–H and O–H groups in total. The summed E-state index contributed by atoms with van der Waals surface area (Å²) in [7, 11) is 1.58. The van der Waals surface area contributed by atoms with Crippen molar-refractivity contribution in [1.29, 1.82) is 0 Å². The zero-order valence-electron chi connectivity index (χ0n) is 53.1. The van der Waals surface area contributed by atoms with Crippen molar-refractivity contribution in [2.75, 3.05) is 18.6 Å². The Morgan fingerprint density at radius 2 is 0.837 bits per heavy atom. The summed E-state index contributed by atoms with van der Waals surface area (Å²) in [4.78, 5) is 81.9. The fourth-order valence-corrected chi connectivity index (χ4v) is 10.9. The quantitative estimate of drug-likeness (QED) is 0.0560. The number of carbonyl (C=O) groups excluding carboxylic acids is 2. The van der Waals surface area contributed by atoms with E-state index in [-0.39, 0.29) is 34.7 Å². The lowest BCUT2D eigenvalue weighted by Crippen LogP contribution is -2.35. The molecule has 0 bridgehead atoms. The minimum atomic E-state index is -0.585. The zero-order chi connectivity index (χ0) is 65.2. The molecule has 3 aromatic carbocycles. The Labute approximate surface area is 528 Å². The van der Waals surface area contributed by atoms with Gasteiger partial charge in [0.05, 0.1) is 85.5 Å². The van der Waals surface area contributed by atoms with Crippen LogP contribution in [0.25, 0.3) is 11.4 Å². The molecule has 8 aromatic heterocycles. The number of methoxy groups -OCH3 is 1. The standard InChI is InChI=1S/C22H26N6O3.C22H25N5O4.C21H24N6O3/c1-4-5-11-26-21(29)28(22(30)27(26)13-18-9-7-6-8-10-18)19-12-23-25(14-19)15-20-16(2)24-31-17(20)3;1-15-19(16(2)31-24-15)14-25-13-18(11-23-25)27-21(28)20(9-10-30-3)26(22(27)29)12-17-7-5-4-6-8-17;1-4-10-25-20(28)27(21(29)26(25)12-17-8-6-5-7-9-17)18-11-22-24(13-18)14-19-15(2)23-30-16(19)3/h6-10,12,14H,4-5,11,13,15H2,1-3H3;4-8,11,13,20H,9-10,12,14H2,1-3H3;5-9,11,13H,4,10,12,14H2,1-3H3. The summed E-state index contributed by atoms with van der Waals surface area (Å²) >= 11 is 0. The third-order valence-electron chi connectivity index (χ3n) is 16.0. The molecule has 11 aromatic rings. The average Bonchev–Trinajstić information content (AvgIpc) is 1.66. The maximum atomic E-state index is 13.3. The number of nitrogens with zero attached hydrogens (tertiary/aromatic N) is 17. The number of ether oxygens (including phenoxy) is 1. The molecule has 1 aliphatic heterocycles. The summed E-state index contributed by atoms with van der Waals surface area (Å²) in [5.41, 5.74) is 7.89. The summed E-state index contributed by atoms with van der Waals surface area (Å²) < 4.78 is 34.2. The SMILES string of the molecule is CCCCn1c(=O)n(-c2cnn(Cc3c(C)noc3C)c2)c(=O)n1Cc1ccccc1.CCCn1c(=O)n(-c2cnn(Cc3c(C)noc3C)c2)c(=O)n1Cc1ccccc1.COCCC1C(=O)N(c2cnn(Cc3c(C)noc3C)c2)C(=O)N1Cc1ccccc1. The predicted octanol–water partition coefficient (Wildman–Crippen LogP) is 7.52. The molecule has 3 amide bonds. The summed E-state index contributed by atoms with van der Waals surface area (Å²) in [6.07, 6.45) is 12.6. The van der Waals surface area contributed by atoms with Crippen molar-refractivity contribution in [3.05, 3.63) is 238 Å². The lowest BCUT2D eigenvalue weighted by Gasteiger charge is -2.21. The first-order chi connectivity index (χ1) is 44.5. The van der Waals surface area contributed by atoms with Crippen LogP contribution < -0.4 is 27.7 Å². The van der Waals surface area contributed by atoms with Crippen LogP contribution in [0.5, 0.6) is 0 Å². The fraction of sp³-hybridized carbons (Fsp3) is 0.354. The van der Waals surface area contributed by atoms with Gasteiger partial charge >= 0.3 is 28.8 Å². The van der Waals surface area contributed by atoms with Crippen LogP contribution in [0.4, 0.5) is 10.5 Å². The van der Waals surface area contributed by atoms with E-state index in [0.717, 1.165) is 87.0 Å². The van der Waals surface area contributed by atoms with Gasteiger partial charge in [-0.25, -0.2) is 56.7 Å². The molecule has 1 saturated heterocycles. The predicted molar refractivity (Wildman–Crippen MR) is 339 cm³/mol. The van der Waals surface area contributed by atoms with E-state index < -0.39 is 6.04 Å². The van der Waals surface area contributed by atoms with Crippen molar-refractivity contribution in [2.45, 2.75) is 139 Å². The number of urea groups is 1. The fourth-order valence-electron chi connectivity index (χ4n) is 10.9. The number of aryl methyl sites for hydroxylation is 6. The number of hydrogen-bond donors (Lipinski definition) is 0. The molecule has 0 saturated carbocycles. The normalized spacial score (nSPS) is 13.1. The Balaban J connectivity index is 0.000000151. The summed E-state index contributed by atoms with van der Waals surface area (Å²) in [6, 6.07) is 28.0. The van der Waals surface area contributed by atoms with Gasteiger partial charge in [0.15, 0.2) is 0 Å². The molecule has 12 rings (SSSR count). The van der Waals surface area contributed by atoms with Crippen LogP contribution in [0.3, 0.4) is 0 Å². The lowest BCUT2D eigenvalue weighted by atomic mass is 10.1.